The molecule has 2 heterocycles. The maximum Gasteiger partial charge on any atom is 0.152 e. The summed E-state index contributed by atoms with van der Waals surface area (Å²) in [6.45, 7) is 4.43. The van der Waals surface area contributed by atoms with Crippen LogP contribution in [0.3, 0.4) is 0 Å². The highest BCUT2D eigenvalue weighted by atomic mass is 32.1. The molecule has 2 aromatic heterocycles. The third-order valence-corrected chi connectivity index (χ3v) is 4.78. The first-order chi connectivity index (χ1) is 8.83. The Morgan fingerprint density at radius 3 is 1.67 bits per heavy atom. The Morgan fingerprint density at radius 2 is 1.28 bits per heavy atom. The fourth-order valence-electron chi connectivity index (χ4n) is 1.76. The zero-order chi connectivity index (χ0) is 12.8. The van der Waals surface area contributed by atoms with Gasteiger partial charge < -0.3 is 0 Å². The van der Waals surface area contributed by atoms with Gasteiger partial charge >= 0.3 is 0 Å². The molecule has 0 aromatic carbocycles. The van der Waals surface area contributed by atoms with Gasteiger partial charge in [0.1, 0.15) is 0 Å². The molecule has 0 fully saturated rings. The van der Waals surface area contributed by atoms with Crippen molar-refractivity contribution in [1.82, 2.24) is 9.97 Å². The van der Waals surface area contributed by atoms with Crippen LogP contribution < -0.4 is 0 Å². The third-order valence-electron chi connectivity index (χ3n) is 2.86. The second-order valence-corrected chi connectivity index (χ2v) is 6.21. The first-order valence-electron chi connectivity index (χ1n) is 6.72. The number of hydrogen-bond donors (Lipinski definition) is 0. The fraction of sp³-hybridized carbons (Fsp3) is 0.571. The van der Waals surface area contributed by atoms with Crippen molar-refractivity contribution in [1.29, 1.82) is 0 Å². The van der Waals surface area contributed by atoms with Crippen molar-refractivity contribution in [3.63, 3.8) is 0 Å². The summed E-state index contributed by atoms with van der Waals surface area (Å²) in [5.74, 6) is 0. The second kappa shape index (κ2) is 7.00. The smallest absolute Gasteiger partial charge is 0.152 e. The van der Waals surface area contributed by atoms with Gasteiger partial charge in [-0.1, -0.05) is 26.7 Å². The van der Waals surface area contributed by atoms with Gasteiger partial charge in [-0.15, -0.1) is 22.7 Å². The van der Waals surface area contributed by atoms with Crippen LogP contribution in [0.4, 0.5) is 0 Å². The summed E-state index contributed by atoms with van der Waals surface area (Å²) in [5.41, 5.74) is 2.45. The molecule has 0 atom stereocenters. The van der Waals surface area contributed by atoms with E-state index in [0.717, 1.165) is 22.9 Å². The van der Waals surface area contributed by atoms with Gasteiger partial charge in [0.15, 0.2) is 10.0 Å². The molecule has 0 aliphatic carbocycles. The van der Waals surface area contributed by atoms with Gasteiger partial charge in [0.25, 0.3) is 0 Å². The van der Waals surface area contributed by atoms with Crippen molar-refractivity contribution in [3.8, 4) is 10.0 Å². The molecule has 2 rings (SSSR count). The Bertz CT molecular complexity index is 429. The highest BCUT2D eigenvalue weighted by molar-refractivity contribution is 7.19. The lowest BCUT2D eigenvalue weighted by Crippen LogP contribution is -1.86. The van der Waals surface area contributed by atoms with Crippen molar-refractivity contribution >= 4 is 22.7 Å². The summed E-state index contributed by atoms with van der Waals surface area (Å²) < 4.78 is 0. The SMILES string of the molecule is CCCCc1csc(-c2nc(CCCC)cs2)n1. The van der Waals surface area contributed by atoms with Crippen LogP contribution in [0, 0.1) is 0 Å². The molecule has 2 aromatic rings. The monoisotopic (exact) mass is 280 g/mol. The quantitative estimate of drug-likeness (QED) is 0.717. The average molecular weight is 280 g/mol. The lowest BCUT2D eigenvalue weighted by atomic mass is 10.2. The van der Waals surface area contributed by atoms with E-state index in [-0.39, 0.29) is 0 Å². The summed E-state index contributed by atoms with van der Waals surface area (Å²) >= 11 is 3.45. The van der Waals surface area contributed by atoms with Crippen LogP contribution in [0.15, 0.2) is 10.8 Å². The molecular weight excluding hydrogens is 260 g/mol. The minimum atomic E-state index is 1.09. The lowest BCUT2D eigenvalue weighted by Gasteiger charge is -1.92. The van der Waals surface area contributed by atoms with Crippen molar-refractivity contribution < 1.29 is 0 Å². The number of thiazole rings is 2. The highest BCUT2D eigenvalue weighted by Gasteiger charge is 2.09. The summed E-state index contributed by atoms with van der Waals surface area (Å²) in [6, 6.07) is 0. The zero-order valence-electron chi connectivity index (χ0n) is 11.1. The number of aromatic nitrogens is 2. The van der Waals surface area contributed by atoms with E-state index < -0.39 is 0 Å². The van der Waals surface area contributed by atoms with Crippen LogP contribution in [-0.4, -0.2) is 9.97 Å². The molecule has 0 radical (unpaired) electrons. The Labute approximate surface area is 117 Å². The Balaban J connectivity index is 2.01. The first kappa shape index (κ1) is 13.7. The minimum Gasteiger partial charge on any atom is -0.239 e. The third kappa shape index (κ3) is 3.62. The summed E-state index contributed by atoms with van der Waals surface area (Å²) in [7, 11) is 0. The standard InChI is InChI=1S/C14H20N2S2/c1-3-5-7-11-9-17-13(15-11)14-16-12(10-18-14)8-6-4-2/h9-10H,3-8H2,1-2H3. The zero-order valence-corrected chi connectivity index (χ0v) is 12.7. The molecule has 4 heteroatoms. The second-order valence-electron chi connectivity index (χ2n) is 4.50. The largest absolute Gasteiger partial charge is 0.239 e. The summed E-state index contributed by atoms with van der Waals surface area (Å²) in [4.78, 5) is 9.36. The van der Waals surface area contributed by atoms with Crippen LogP contribution in [-0.2, 0) is 12.8 Å². The van der Waals surface area contributed by atoms with Gasteiger partial charge in [0.2, 0.25) is 0 Å². The summed E-state index contributed by atoms with van der Waals surface area (Å²) in [6.07, 6.45) is 7.10. The number of aryl methyl sites for hydroxylation is 2. The molecule has 0 saturated heterocycles. The lowest BCUT2D eigenvalue weighted by molar-refractivity contribution is 0.779. The van der Waals surface area contributed by atoms with E-state index in [0.29, 0.717) is 0 Å². The van der Waals surface area contributed by atoms with E-state index in [4.69, 9.17) is 0 Å². The Hall–Kier alpha value is -0.740. The van der Waals surface area contributed by atoms with Crippen molar-refractivity contribution in [2.24, 2.45) is 0 Å². The Morgan fingerprint density at radius 1 is 0.833 bits per heavy atom. The van der Waals surface area contributed by atoms with E-state index >= 15 is 0 Å². The molecule has 0 spiro atoms. The maximum atomic E-state index is 4.68. The predicted molar refractivity (Wildman–Crippen MR) is 80.4 cm³/mol. The maximum absolute atomic E-state index is 4.68. The summed E-state index contributed by atoms with van der Waals surface area (Å²) in [5, 5.41) is 6.54. The number of unbranched alkanes of at least 4 members (excludes halogenated alkanes) is 2. The van der Waals surface area contributed by atoms with Gasteiger partial charge in [0.05, 0.1) is 11.4 Å². The van der Waals surface area contributed by atoms with E-state index in [1.165, 1.54) is 37.1 Å². The first-order valence-corrected chi connectivity index (χ1v) is 8.48. The fourth-order valence-corrected chi connectivity index (χ4v) is 3.51. The van der Waals surface area contributed by atoms with Gasteiger partial charge in [-0.3, -0.25) is 0 Å². The number of nitrogens with zero attached hydrogens (tertiary/aromatic N) is 2. The molecule has 0 bridgehead atoms. The molecule has 2 nitrogen and oxygen atoms in total. The van der Waals surface area contributed by atoms with Crippen molar-refractivity contribution in [2.75, 3.05) is 0 Å². The molecule has 0 amide bonds. The highest BCUT2D eigenvalue weighted by Crippen LogP contribution is 2.27. The molecule has 18 heavy (non-hydrogen) atoms. The number of rotatable bonds is 7. The molecule has 0 unspecified atom stereocenters. The molecular formula is C14H20N2S2. The van der Waals surface area contributed by atoms with Gasteiger partial charge in [0, 0.05) is 10.8 Å². The molecule has 0 saturated carbocycles. The predicted octanol–water partition coefficient (Wildman–Crippen LogP) is 4.95. The number of hydrogen-bond acceptors (Lipinski definition) is 4. The van der Waals surface area contributed by atoms with Crippen LogP contribution in [0.25, 0.3) is 10.0 Å². The van der Waals surface area contributed by atoms with E-state index in [9.17, 15) is 0 Å². The molecule has 0 N–H and O–H groups in total. The van der Waals surface area contributed by atoms with Gasteiger partial charge in [-0.05, 0) is 25.7 Å². The van der Waals surface area contributed by atoms with Crippen molar-refractivity contribution in [3.05, 3.63) is 22.1 Å². The van der Waals surface area contributed by atoms with Gasteiger partial charge in [-0.2, -0.15) is 0 Å². The normalized spacial score (nSPS) is 11.0. The molecule has 0 aliphatic rings. The van der Waals surface area contributed by atoms with E-state index in [1.807, 2.05) is 0 Å². The van der Waals surface area contributed by atoms with E-state index in [2.05, 4.69) is 34.6 Å². The van der Waals surface area contributed by atoms with Gasteiger partial charge in [-0.25, -0.2) is 9.97 Å². The molecule has 98 valence electrons. The van der Waals surface area contributed by atoms with Crippen molar-refractivity contribution in [2.45, 2.75) is 52.4 Å². The average Bonchev–Trinajstić information content (AvgIpc) is 3.02. The van der Waals surface area contributed by atoms with Crippen LogP contribution in [0.1, 0.15) is 50.9 Å². The van der Waals surface area contributed by atoms with Crippen LogP contribution in [0.5, 0.6) is 0 Å². The minimum absolute atomic E-state index is 1.09. The molecule has 0 aliphatic heterocycles. The topological polar surface area (TPSA) is 25.8 Å². The van der Waals surface area contributed by atoms with Crippen LogP contribution in [0.2, 0.25) is 0 Å². The Kier molecular flexibility index (Phi) is 5.32. The van der Waals surface area contributed by atoms with Crippen LogP contribution >= 0.6 is 22.7 Å². The van der Waals surface area contributed by atoms with E-state index in [1.54, 1.807) is 22.7 Å².